The zero-order chi connectivity index (χ0) is 14.9. The van der Waals surface area contributed by atoms with Gasteiger partial charge in [0, 0.05) is 18.3 Å². The van der Waals surface area contributed by atoms with E-state index in [1.807, 2.05) is 12.1 Å². The molecule has 0 spiro atoms. The van der Waals surface area contributed by atoms with Crippen LogP contribution >= 0.6 is 12.4 Å². The van der Waals surface area contributed by atoms with Gasteiger partial charge in [-0.25, -0.2) is 14.1 Å². The Labute approximate surface area is 139 Å². The number of hydrogen-bond acceptors (Lipinski definition) is 4. The van der Waals surface area contributed by atoms with Crippen LogP contribution in [0.1, 0.15) is 18.4 Å². The lowest BCUT2D eigenvalue weighted by Crippen LogP contribution is -2.06. The molecule has 1 N–H and O–H groups in total. The normalized spacial score (nSPS) is 13.8. The molecule has 4 rings (SSSR count). The van der Waals surface area contributed by atoms with Gasteiger partial charge in [0.15, 0.2) is 11.3 Å². The van der Waals surface area contributed by atoms with E-state index in [9.17, 15) is 4.39 Å². The maximum absolute atomic E-state index is 13.8. The number of halogens is 2. The van der Waals surface area contributed by atoms with Crippen LogP contribution < -0.4 is 5.32 Å². The van der Waals surface area contributed by atoms with Crippen molar-refractivity contribution < 1.29 is 4.39 Å². The minimum atomic E-state index is -0.229. The molecule has 0 saturated heterocycles. The van der Waals surface area contributed by atoms with Crippen LogP contribution in [0, 0.1) is 11.7 Å². The SMILES string of the molecule is Cl.Fc1ccccc1Cn1nnc2c(NCC3CC3)nccc21. The molecule has 1 aliphatic carbocycles. The van der Waals surface area contributed by atoms with Crippen LogP contribution in [0.5, 0.6) is 0 Å². The van der Waals surface area contributed by atoms with Crippen molar-refractivity contribution in [2.45, 2.75) is 19.4 Å². The van der Waals surface area contributed by atoms with Crippen molar-refractivity contribution in [3.8, 4) is 0 Å². The van der Waals surface area contributed by atoms with Crippen LogP contribution in [0.4, 0.5) is 10.2 Å². The molecule has 0 radical (unpaired) electrons. The summed E-state index contributed by atoms with van der Waals surface area (Å²) in [6, 6.07) is 8.58. The predicted octanol–water partition coefficient (Wildman–Crippen LogP) is 3.26. The molecule has 3 aromatic rings. The lowest BCUT2D eigenvalue weighted by atomic mass is 10.2. The van der Waals surface area contributed by atoms with E-state index in [0.29, 0.717) is 12.1 Å². The number of nitrogens with one attached hydrogen (secondary N) is 1. The Morgan fingerprint density at radius 2 is 2.04 bits per heavy atom. The number of anilines is 1. The molecule has 0 atom stereocenters. The highest BCUT2D eigenvalue weighted by Crippen LogP contribution is 2.29. The molecule has 7 heteroatoms. The van der Waals surface area contributed by atoms with Crippen LogP contribution in [0.25, 0.3) is 11.0 Å². The van der Waals surface area contributed by atoms with Crippen molar-refractivity contribution >= 4 is 29.3 Å². The maximum atomic E-state index is 13.8. The molecule has 0 bridgehead atoms. The van der Waals surface area contributed by atoms with Gasteiger partial charge in [-0.1, -0.05) is 23.4 Å². The van der Waals surface area contributed by atoms with Crippen LogP contribution in [0.2, 0.25) is 0 Å². The molecule has 120 valence electrons. The molecule has 1 aliphatic rings. The van der Waals surface area contributed by atoms with Gasteiger partial charge in [-0.15, -0.1) is 17.5 Å². The number of rotatable bonds is 5. The van der Waals surface area contributed by atoms with Gasteiger partial charge in [-0.05, 0) is 30.9 Å². The fourth-order valence-electron chi connectivity index (χ4n) is 2.49. The zero-order valence-electron chi connectivity index (χ0n) is 12.4. The number of fused-ring (bicyclic) bond motifs is 1. The minimum absolute atomic E-state index is 0. The first-order valence-electron chi connectivity index (χ1n) is 7.47. The summed E-state index contributed by atoms with van der Waals surface area (Å²) in [4.78, 5) is 4.34. The molecule has 0 amide bonds. The van der Waals surface area contributed by atoms with Crippen molar-refractivity contribution in [1.82, 2.24) is 20.0 Å². The van der Waals surface area contributed by atoms with E-state index >= 15 is 0 Å². The molecule has 1 aromatic carbocycles. The van der Waals surface area contributed by atoms with Gasteiger partial charge in [0.25, 0.3) is 0 Å². The standard InChI is InChI=1S/C16H16FN5.ClH/c17-13-4-2-1-3-12(13)10-22-14-7-8-18-16(15(14)20-21-22)19-9-11-5-6-11;/h1-4,7-8,11H,5-6,9-10H2,(H,18,19);1H. The summed E-state index contributed by atoms with van der Waals surface area (Å²) in [7, 11) is 0. The molecule has 0 unspecified atom stereocenters. The first kappa shape index (κ1) is 15.7. The molecule has 0 aliphatic heterocycles. The lowest BCUT2D eigenvalue weighted by molar-refractivity contribution is 0.583. The molecule has 23 heavy (non-hydrogen) atoms. The second-order valence-corrected chi connectivity index (χ2v) is 5.69. The number of hydrogen-bond donors (Lipinski definition) is 1. The van der Waals surface area contributed by atoms with Gasteiger partial charge in [-0.3, -0.25) is 0 Å². The molecule has 1 saturated carbocycles. The van der Waals surface area contributed by atoms with Gasteiger partial charge >= 0.3 is 0 Å². The second-order valence-electron chi connectivity index (χ2n) is 5.69. The van der Waals surface area contributed by atoms with Crippen LogP contribution in [0.15, 0.2) is 36.5 Å². The summed E-state index contributed by atoms with van der Waals surface area (Å²) in [6.45, 7) is 1.28. The third-order valence-corrected chi connectivity index (χ3v) is 3.97. The Morgan fingerprint density at radius 3 is 2.83 bits per heavy atom. The Balaban J connectivity index is 0.00000156. The topological polar surface area (TPSA) is 55.6 Å². The quantitative estimate of drug-likeness (QED) is 0.778. The van der Waals surface area contributed by atoms with Crippen LogP contribution in [-0.2, 0) is 6.54 Å². The maximum Gasteiger partial charge on any atom is 0.156 e. The Morgan fingerprint density at radius 1 is 1.22 bits per heavy atom. The average molecular weight is 334 g/mol. The van der Waals surface area contributed by atoms with Crippen LogP contribution in [-0.4, -0.2) is 26.5 Å². The second kappa shape index (κ2) is 6.50. The summed E-state index contributed by atoms with van der Waals surface area (Å²) in [6.07, 6.45) is 4.30. The highest BCUT2D eigenvalue weighted by Gasteiger charge is 2.21. The Kier molecular flexibility index (Phi) is 4.43. The van der Waals surface area contributed by atoms with Crippen molar-refractivity contribution in [2.24, 2.45) is 5.92 Å². The van der Waals surface area contributed by atoms with Gasteiger partial charge in [0.1, 0.15) is 5.82 Å². The summed E-state index contributed by atoms with van der Waals surface area (Å²) in [5.74, 6) is 1.28. The van der Waals surface area contributed by atoms with E-state index in [2.05, 4.69) is 20.6 Å². The van der Waals surface area contributed by atoms with Gasteiger partial charge in [0.05, 0.1) is 12.1 Å². The van der Waals surface area contributed by atoms with E-state index in [4.69, 9.17) is 0 Å². The summed E-state index contributed by atoms with van der Waals surface area (Å²) < 4.78 is 15.5. The van der Waals surface area contributed by atoms with Crippen LogP contribution in [0.3, 0.4) is 0 Å². The molecule has 1 fully saturated rings. The third kappa shape index (κ3) is 3.27. The van der Waals surface area contributed by atoms with Gasteiger partial charge in [0.2, 0.25) is 0 Å². The van der Waals surface area contributed by atoms with E-state index in [0.717, 1.165) is 29.3 Å². The number of aromatic nitrogens is 4. The van der Waals surface area contributed by atoms with E-state index in [1.54, 1.807) is 23.0 Å². The van der Waals surface area contributed by atoms with E-state index < -0.39 is 0 Å². The first-order valence-corrected chi connectivity index (χ1v) is 7.47. The number of pyridine rings is 1. The summed E-state index contributed by atoms with van der Waals surface area (Å²) >= 11 is 0. The zero-order valence-corrected chi connectivity index (χ0v) is 13.3. The van der Waals surface area contributed by atoms with Crippen molar-refractivity contribution in [1.29, 1.82) is 0 Å². The van der Waals surface area contributed by atoms with Crippen molar-refractivity contribution in [3.63, 3.8) is 0 Å². The molecular formula is C16H17ClFN5. The minimum Gasteiger partial charge on any atom is -0.368 e. The Hall–Kier alpha value is -2.21. The lowest BCUT2D eigenvalue weighted by Gasteiger charge is -2.06. The Bertz CT molecular complexity index is 815. The molecule has 2 heterocycles. The average Bonchev–Trinajstić information content (AvgIpc) is 3.28. The summed E-state index contributed by atoms with van der Waals surface area (Å²) in [5.41, 5.74) is 2.19. The highest BCUT2D eigenvalue weighted by molar-refractivity contribution is 5.85. The summed E-state index contributed by atoms with van der Waals surface area (Å²) in [5, 5.41) is 11.7. The van der Waals surface area contributed by atoms with E-state index in [1.165, 1.54) is 18.9 Å². The fraction of sp³-hybridized carbons (Fsp3) is 0.312. The van der Waals surface area contributed by atoms with Gasteiger partial charge in [-0.2, -0.15) is 0 Å². The predicted molar refractivity (Wildman–Crippen MR) is 89.3 cm³/mol. The highest BCUT2D eigenvalue weighted by atomic mass is 35.5. The monoisotopic (exact) mass is 333 g/mol. The van der Waals surface area contributed by atoms with Gasteiger partial charge < -0.3 is 5.32 Å². The fourth-order valence-corrected chi connectivity index (χ4v) is 2.49. The largest absolute Gasteiger partial charge is 0.368 e. The van der Waals surface area contributed by atoms with Crippen molar-refractivity contribution in [3.05, 3.63) is 47.9 Å². The number of benzene rings is 1. The third-order valence-electron chi connectivity index (χ3n) is 3.97. The molecule has 5 nitrogen and oxygen atoms in total. The van der Waals surface area contributed by atoms with Crippen molar-refractivity contribution in [2.75, 3.05) is 11.9 Å². The first-order chi connectivity index (χ1) is 10.8. The smallest absolute Gasteiger partial charge is 0.156 e. The molecular weight excluding hydrogens is 317 g/mol. The number of nitrogens with zero attached hydrogens (tertiary/aromatic N) is 4. The molecule has 2 aromatic heterocycles. The van der Waals surface area contributed by atoms with E-state index in [-0.39, 0.29) is 18.2 Å².